The SMILES string of the molecule is Cc1cc(N)cn2c(Cc3ccc(F)cc3)nnc12. The number of nitrogens with zero attached hydrogens (tertiary/aromatic N) is 3. The van der Waals surface area contributed by atoms with Crippen LogP contribution < -0.4 is 5.73 Å². The Morgan fingerprint density at radius 2 is 1.95 bits per heavy atom. The molecular weight excluding hydrogens is 243 g/mol. The summed E-state index contributed by atoms with van der Waals surface area (Å²) in [6.07, 6.45) is 2.39. The molecule has 2 aromatic heterocycles. The first kappa shape index (κ1) is 11.6. The molecule has 0 fully saturated rings. The normalized spacial score (nSPS) is 11.1. The Balaban J connectivity index is 2.03. The quantitative estimate of drug-likeness (QED) is 0.765. The van der Waals surface area contributed by atoms with E-state index in [1.165, 1.54) is 12.1 Å². The molecule has 0 saturated carbocycles. The second kappa shape index (κ2) is 4.35. The van der Waals surface area contributed by atoms with Crippen molar-refractivity contribution >= 4 is 11.3 Å². The van der Waals surface area contributed by atoms with E-state index in [9.17, 15) is 4.39 Å². The number of benzene rings is 1. The number of hydrogen-bond acceptors (Lipinski definition) is 3. The fraction of sp³-hybridized carbons (Fsp3) is 0.143. The average Bonchev–Trinajstić information content (AvgIpc) is 2.76. The lowest BCUT2D eigenvalue weighted by molar-refractivity contribution is 0.627. The summed E-state index contributed by atoms with van der Waals surface area (Å²) < 4.78 is 14.8. The van der Waals surface area contributed by atoms with Gasteiger partial charge in [-0.15, -0.1) is 10.2 Å². The zero-order valence-electron chi connectivity index (χ0n) is 10.5. The van der Waals surface area contributed by atoms with Gasteiger partial charge in [-0.2, -0.15) is 0 Å². The first-order chi connectivity index (χ1) is 9.13. The Morgan fingerprint density at radius 1 is 1.21 bits per heavy atom. The van der Waals surface area contributed by atoms with Crippen molar-refractivity contribution < 1.29 is 4.39 Å². The molecular formula is C14H13FN4. The van der Waals surface area contributed by atoms with Crippen molar-refractivity contribution in [1.82, 2.24) is 14.6 Å². The van der Waals surface area contributed by atoms with E-state index in [4.69, 9.17) is 5.73 Å². The van der Waals surface area contributed by atoms with E-state index in [0.717, 1.165) is 22.6 Å². The highest BCUT2D eigenvalue weighted by Crippen LogP contribution is 2.16. The van der Waals surface area contributed by atoms with Crippen LogP contribution in [0.15, 0.2) is 36.5 Å². The van der Waals surface area contributed by atoms with Crippen LogP contribution in [0.2, 0.25) is 0 Å². The summed E-state index contributed by atoms with van der Waals surface area (Å²) in [6, 6.07) is 8.24. The maximum Gasteiger partial charge on any atom is 0.163 e. The third kappa shape index (κ3) is 2.14. The van der Waals surface area contributed by atoms with Crippen molar-refractivity contribution in [3.8, 4) is 0 Å². The van der Waals surface area contributed by atoms with Gasteiger partial charge >= 0.3 is 0 Å². The highest BCUT2D eigenvalue weighted by atomic mass is 19.1. The summed E-state index contributed by atoms with van der Waals surface area (Å²) in [5.41, 5.74) is 9.28. The van der Waals surface area contributed by atoms with Gasteiger partial charge in [0.25, 0.3) is 0 Å². The highest BCUT2D eigenvalue weighted by Gasteiger charge is 2.09. The lowest BCUT2D eigenvalue weighted by Gasteiger charge is -2.03. The fourth-order valence-corrected chi connectivity index (χ4v) is 2.13. The predicted molar refractivity (Wildman–Crippen MR) is 71.3 cm³/mol. The molecule has 0 aliphatic heterocycles. The van der Waals surface area contributed by atoms with Gasteiger partial charge in [-0.25, -0.2) is 4.39 Å². The smallest absolute Gasteiger partial charge is 0.163 e. The van der Waals surface area contributed by atoms with E-state index in [1.807, 2.05) is 17.4 Å². The van der Waals surface area contributed by atoms with E-state index in [1.54, 1.807) is 18.3 Å². The van der Waals surface area contributed by atoms with Crippen molar-refractivity contribution in [3.63, 3.8) is 0 Å². The summed E-state index contributed by atoms with van der Waals surface area (Å²) >= 11 is 0. The van der Waals surface area contributed by atoms with Crippen molar-refractivity contribution in [1.29, 1.82) is 0 Å². The number of anilines is 1. The predicted octanol–water partition coefficient (Wildman–Crippen LogP) is 2.35. The Hall–Kier alpha value is -2.43. The lowest BCUT2D eigenvalue weighted by Crippen LogP contribution is -1.99. The summed E-state index contributed by atoms with van der Waals surface area (Å²) in [5.74, 6) is 0.548. The Labute approximate surface area is 109 Å². The third-order valence-electron chi connectivity index (χ3n) is 3.06. The van der Waals surface area contributed by atoms with Crippen LogP contribution in [-0.4, -0.2) is 14.6 Å². The number of nitrogens with two attached hydrogens (primary N) is 1. The maximum absolute atomic E-state index is 12.9. The van der Waals surface area contributed by atoms with Crippen molar-refractivity contribution in [2.45, 2.75) is 13.3 Å². The van der Waals surface area contributed by atoms with Crippen LogP contribution in [0, 0.1) is 12.7 Å². The molecule has 0 aliphatic carbocycles. The molecule has 0 bridgehead atoms. The lowest BCUT2D eigenvalue weighted by atomic mass is 10.1. The minimum Gasteiger partial charge on any atom is -0.398 e. The Bertz CT molecular complexity index is 731. The van der Waals surface area contributed by atoms with Crippen LogP contribution in [0.1, 0.15) is 17.0 Å². The number of halogens is 1. The minimum atomic E-state index is -0.241. The van der Waals surface area contributed by atoms with Crippen LogP contribution in [0.5, 0.6) is 0 Å². The van der Waals surface area contributed by atoms with Crippen molar-refractivity contribution in [3.05, 3.63) is 59.3 Å². The van der Waals surface area contributed by atoms with E-state index >= 15 is 0 Å². The first-order valence-electron chi connectivity index (χ1n) is 5.97. The molecule has 2 N–H and O–H groups in total. The third-order valence-corrected chi connectivity index (χ3v) is 3.06. The second-order valence-electron chi connectivity index (χ2n) is 4.57. The van der Waals surface area contributed by atoms with Crippen LogP contribution in [0.3, 0.4) is 0 Å². The average molecular weight is 256 g/mol. The monoisotopic (exact) mass is 256 g/mol. The van der Waals surface area contributed by atoms with E-state index < -0.39 is 0 Å². The van der Waals surface area contributed by atoms with E-state index in [2.05, 4.69) is 10.2 Å². The molecule has 0 amide bonds. The summed E-state index contributed by atoms with van der Waals surface area (Å²) in [6.45, 7) is 1.95. The fourth-order valence-electron chi connectivity index (χ4n) is 2.13. The van der Waals surface area contributed by atoms with Gasteiger partial charge in [0.2, 0.25) is 0 Å². The van der Waals surface area contributed by atoms with Gasteiger partial charge in [-0.3, -0.25) is 4.40 Å². The van der Waals surface area contributed by atoms with Gasteiger partial charge in [0, 0.05) is 18.3 Å². The molecule has 2 heterocycles. The summed E-state index contributed by atoms with van der Waals surface area (Å²) in [7, 11) is 0. The number of aromatic nitrogens is 3. The molecule has 1 aromatic carbocycles. The standard InChI is InChI=1S/C14H13FN4/c1-9-6-12(16)8-19-13(17-18-14(9)19)7-10-2-4-11(15)5-3-10/h2-6,8H,7,16H2,1H3. The number of hydrogen-bond donors (Lipinski definition) is 1. The Kier molecular flexibility index (Phi) is 2.67. The van der Waals surface area contributed by atoms with Crippen molar-refractivity contribution in [2.24, 2.45) is 0 Å². The zero-order valence-corrected chi connectivity index (χ0v) is 10.5. The number of rotatable bonds is 2. The molecule has 3 rings (SSSR count). The maximum atomic E-state index is 12.9. The van der Waals surface area contributed by atoms with Gasteiger partial charge in [0.05, 0.1) is 0 Å². The zero-order chi connectivity index (χ0) is 13.4. The van der Waals surface area contributed by atoms with Gasteiger partial charge in [-0.1, -0.05) is 12.1 Å². The summed E-state index contributed by atoms with van der Waals surface area (Å²) in [4.78, 5) is 0. The van der Waals surface area contributed by atoms with Gasteiger partial charge in [0.1, 0.15) is 11.6 Å². The number of aryl methyl sites for hydroxylation is 1. The van der Waals surface area contributed by atoms with E-state index in [0.29, 0.717) is 12.1 Å². The van der Waals surface area contributed by atoms with Gasteiger partial charge < -0.3 is 5.73 Å². The number of nitrogen functional groups attached to an aromatic ring is 1. The molecule has 0 saturated heterocycles. The van der Waals surface area contributed by atoms with Crippen LogP contribution >= 0.6 is 0 Å². The topological polar surface area (TPSA) is 56.2 Å². The van der Waals surface area contributed by atoms with Crippen LogP contribution in [0.25, 0.3) is 5.65 Å². The molecule has 5 heteroatoms. The van der Waals surface area contributed by atoms with E-state index in [-0.39, 0.29) is 5.82 Å². The number of fused-ring (bicyclic) bond motifs is 1. The molecule has 96 valence electrons. The molecule has 0 radical (unpaired) electrons. The molecule has 0 atom stereocenters. The van der Waals surface area contributed by atoms with Crippen molar-refractivity contribution in [2.75, 3.05) is 5.73 Å². The first-order valence-corrected chi connectivity index (χ1v) is 5.97. The van der Waals surface area contributed by atoms with Gasteiger partial charge in [-0.05, 0) is 36.2 Å². The Morgan fingerprint density at radius 3 is 2.68 bits per heavy atom. The molecule has 0 unspecified atom stereocenters. The molecule has 0 spiro atoms. The molecule has 19 heavy (non-hydrogen) atoms. The van der Waals surface area contributed by atoms with Crippen LogP contribution in [0.4, 0.5) is 10.1 Å². The number of pyridine rings is 1. The van der Waals surface area contributed by atoms with Gasteiger partial charge in [0.15, 0.2) is 5.65 Å². The molecule has 4 nitrogen and oxygen atoms in total. The van der Waals surface area contributed by atoms with Crippen LogP contribution in [-0.2, 0) is 6.42 Å². The second-order valence-corrected chi connectivity index (χ2v) is 4.57. The summed E-state index contributed by atoms with van der Waals surface area (Å²) in [5, 5.41) is 8.33. The highest BCUT2D eigenvalue weighted by molar-refractivity contribution is 5.54. The molecule has 3 aromatic rings. The largest absolute Gasteiger partial charge is 0.398 e. The minimum absolute atomic E-state index is 0.241. The molecule has 0 aliphatic rings.